The summed E-state index contributed by atoms with van der Waals surface area (Å²) >= 11 is 0. The Bertz CT molecular complexity index is 525. The van der Waals surface area contributed by atoms with Crippen LogP contribution in [-0.2, 0) is 4.79 Å². The standard InChI is InChI=1S/C14H19N3O4/c1-21-10-6-7-11(13(9-10)17(19)20)16-14(18)12-5-3-2-4-8-15-12/h6-7,9,12,15H,2-5,8H2,1H3,(H,16,18). The maximum Gasteiger partial charge on any atom is 0.296 e. The maximum absolute atomic E-state index is 12.2. The number of carbonyl (C=O) groups excluding carboxylic acids is 1. The van der Waals surface area contributed by atoms with Gasteiger partial charge in [-0.1, -0.05) is 12.8 Å². The van der Waals surface area contributed by atoms with Crippen molar-refractivity contribution in [2.45, 2.75) is 31.7 Å². The molecule has 7 heteroatoms. The van der Waals surface area contributed by atoms with E-state index in [1.807, 2.05) is 0 Å². The zero-order valence-electron chi connectivity index (χ0n) is 11.9. The van der Waals surface area contributed by atoms with Gasteiger partial charge in [0.1, 0.15) is 11.4 Å². The number of amides is 1. The second kappa shape index (κ2) is 7.03. The number of hydrogen-bond donors (Lipinski definition) is 2. The van der Waals surface area contributed by atoms with Crippen molar-refractivity contribution in [3.8, 4) is 5.75 Å². The normalized spacial score (nSPS) is 18.6. The SMILES string of the molecule is COc1ccc(NC(=O)C2CCCCCN2)c([N+](=O)[O-])c1. The summed E-state index contributed by atoms with van der Waals surface area (Å²) in [6.07, 6.45) is 3.87. The molecule has 1 heterocycles. The Kier molecular flexibility index (Phi) is 5.10. The molecule has 1 saturated heterocycles. The van der Waals surface area contributed by atoms with E-state index in [2.05, 4.69) is 10.6 Å². The molecule has 114 valence electrons. The molecule has 0 spiro atoms. The molecular formula is C14H19N3O4. The van der Waals surface area contributed by atoms with Gasteiger partial charge in [-0.25, -0.2) is 0 Å². The number of methoxy groups -OCH3 is 1. The molecule has 2 N–H and O–H groups in total. The number of nitro groups is 1. The fourth-order valence-corrected chi connectivity index (χ4v) is 2.37. The number of hydrogen-bond acceptors (Lipinski definition) is 5. The summed E-state index contributed by atoms with van der Waals surface area (Å²) in [5.74, 6) is 0.150. The number of carbonyl (C=O) groups is 1. The van der Waals surface area contributed by atoms with E-state index in [1.54, 1.807) is 6.07 Å². The molecule has 1 aliphatic heterocycles. The first kappa shape index (κ1) is 15.2. The Balaban J connectivity index is 2.14. The summed E-state index contributed by atoms with van der Waals surface area (Å²) in [6, 6.07) is 4.08. The van der Waals surface area contributed by atoms with Gasteiger partial charge in [0, 0.05) is 0 Å². The number of nitrogens with zero attached hydrogens (tertiary/aromatic N) is 1. The Morgan fingerprint density at radius 1 is 1.43 bits per heavy atom. The summed E-state index contributed by atoms with van der Waals surface area (Å²) in [6.45, 7) is 0.794. The zero-order chi connectivity index (χ0) is 15.2. The van der Waals surface area contributed by atoms with Crippen LogP contribution in [-0.4, -0.2) is 30.5 Å². The molecule has 1 fully saturated rings. The van der Waals surface area contributed by atoms with Crippen LogP contribution in [0.3, 0.4) is 0 Å². The largest absolute Gasteiger partial charge is 0.496 e. The number of rotatable bonds is 4. The van der Waals surface area contributed by atoms with E-state index in [0.717, 1.165) is 32.2 Å². The summed E-state index contributed by atoms with van der Waals surface area (Å²) in [5.41, 5.74) is 0.0215. The van der Waals surface area contributed by atoms with Gasteiger partial charge < -0.3 is 15.4 Å². The monoisotopic (exact) mass is 293 g/mol. The van der Waals surface area contributed by atoms with Crippen LogP contribution in [0.5, 0.6) is 5.75 Å². The lowest BCUT2D eigenvalue weighted by Gasteiger charge is -2.15. The first-order valence-electron chi connectivity index (χ1n) is 6.98. The third-order valence-corrected chi connectivity index (χ3v) is 3.54. The molecule has 1 aromatic carbocycles. The van der Waals surface area contributed by atoms with Crippen LogP contribution in [0.4, 0.5) is 11.4 Å². The third kappa shape index (κ3) is 3.91. The van der Waals surface area contributed by atoms with Crippen molar-refractivity contribution in [2.24, 2.45) is 0 Å². The van der Waals surface area contributed by atoms with Gasteiger partial charge in [0.15, 0.2) is 0 Å². The molecule has 1 unspecified atom stereocenters. The summed E-state index contributed by atoms with van der Waals surface area (Å²) in [5, 5.41) is 16.9. The molecule has 0 radical (unpaired) electrons. The Hall–Kier alpha value is -2.15. The average molecular weight is 293 g/mol. The lowest BCUT2D eigenvalue weighted by molar-refractivity contribution is -0.384. The second-order valence-electron chi connectivity index (χ2n) is 4.99. The summed E-state index contributed by atoms with van der Waals surface area (Å²) in [4.78, 5) is 22.8. The molecule has 1 aliphatic rings. The Morgan fingerprint density at radius 2 is 2.24 bits per heavy atom. The van der Waals surface area contributed by atoms with Gasteiger partial charge in [-0.05, 0) is 31.5 Å². The van der Waals surface area contributed by atoms with Crippen LogP contribution in [0.2, 0.25) is 0 Å². The fourth-order valence-electron chi connectivity index (χ4n) is 2.37. The van der Waals surface area contributed by atoms with Gasteiger partial charge in [0.2, 0.25) is 5.91 Å². The fraction of sp³-hybridized carbons (Fsp3) is 0.500. The predicted octanol–water partition coefficient (Wildman–Crippen LogP) is 2.07. The number of anilines is 1. The lowest BCUT2D eigenvalue weighted by Crippen LogP contribution is -2.39. The smallest absolute Gasteiger partial charge is 0.296 e. The lowest BCUT2D eigenvalue weighted by atomic mass is 10.1. The summed E-state index contributed by atoms with van der Waals surface area (Å²) in [7, 11) is 1.44. The number of ether oxygens (including phenoxy) is 1. The molecule has 7 nitrogen and oxygen atoms in total. The van der Waals surface area contributed by atoms with Crippen molar-refractivity contribution >= 4 is 17.3 Å². The second-order valence-corrected chi connectivity index (χ2v) is 4.99. The highest BCUT2D eigenvalue weighted by Crippen LogP contribution is 2.29. The molecule has 0 aromatic heterocycles. The van der Waals surface area contributed by atoms with E-state index >= 15 is 0 Å². The van der Waals surface area contributed by atoms with Crippen LogP contribution in [0.15, 0.2) is 18.2 Å². The molecule has 0 saturated carbocycles. The van der Waals surface area contributed by atoms with E-state index in [1.165, 1.54) is 19.2 Å². The minimum absolute atomic E-state index is 0.170. The molecule has 1 amide bonds. The van der Waals surface area contributed by atoms with E-state index in [4.69, 9.17) is 4.74 Å². The van der Waals surface area contributed by atoms with Crippen LogP contribution < -0.4 is 15.4 Å². The first-order chi connectivity index (χ1) is 10.1. The number of nitrogens with one attached hydrogen (secondary N) is 2. The molecule has 2 rings (SSSR count). The predicted molar refractivity (Wildman–Crippen MR) is 78.5 cm³/mol. The van der Waals surface area contributed by atoms with Crippen LogP contribution in [0, 0.1) is 10.1 Å². The van der Waals surface area contributed by atoms with E-state index in [0.29, 0.717) is 5.75 Å². The first-order valence-corrected chi connectivity index (χ1v) is 6.98. The van der Waals surface area contributed by atoms with Gasteiger partial charge in [-0.3, -0.25) is 14.9 Å². The average Bonchev–Trinajstić information content (AvgIpc) is 2.76. The molecule has 1 aromatic rings. The van der Waals surface area contributed by atoms with Crippen LogP contribution >= 0.6 is 0 Å². The molecular weight excluding hydrogens is 274 g/mol. The Morgan fingerprint density at radius 3 is 2.95 bits per heavy atom. The van der Waals surface area contributed by atoms with Crippen LogP contribution in [0.1, 0.15) is 25.7 Å². The molecule has 1 atom stereocenters. The van der Waals surface area contributed by atoms with Gasteiger partial charge in [-0.2, -0.15) is 0 Å². The highest BCUT2D eigenvalue weighted by atomic mass is 16.6. The van der Waals surface area contributed by atoms with Crippen molar-refractivity contribution in [1.29, 1.82) is 0 Å². The van der Waals surface area contributed by atoms with Crippen molar-refractivity contribution < 1.29 is 14.5 Å². The van der Waals surface area contributed by atoms with Gasteiger partial charge in [0.05, 0.1) is 24.1 Å². The Labute approximate surface area is 122 Å². The topological polar surface area (TPSA) is 93.5 Å². The minimum Gasteiger partial charge on any atom is -0.496 e. The quantitative estimate of drug-likeness (QED) is 0.654. The van der Waals surface area contributed by atoms with Gasteiger partial charge >= 0.3 is 0 Å². The molecule has 21 heavy (non-hydrogen) atoms. The van der Waals surface area contributed by atoms with E-state index in [-0.39, 0.29) is 23.3 Å². The minimum atomic E-state index is -0.529. The number of nitro benzene ring substituents is 1. The van der Waals surface area contributed by atoms with Gasteiger partial charge in [0.25, 0.3) is 5.69 Å². The highest BCUT2D eigenvalue weighted by molar-refractivity contribution is 5.96. The van der Waals surface area contributed by atoms with Crippen molar-refractivity contribution in [2.75, 3.05) is 19.0 Å². The molecule has 0 aliphatic carbocycles. The summed E-state index contributed by atoms with van der Waals surface area (Å²) < 4.78 is 4.97. The molecule has 0 bridgehead atoms. The highest BCUT2D eigenvalue weighted by Gasteiger charge is 2.23. The number of benzene rings is 1. The van der Waals surface area contributed by atoms with Crippen molar-refractivity contribution in [3.63, 3.8) is 0 Å². The maximum atomic E-state index is 12.2. The van der Waals surface area contributed by atoms with Crippen molar-refractivity contribution in [3.05, 3.63) is 28.3 Å². The van der Waals surface area contributed by atoms with Gasteiger partial charge in [-0.15, -0.1) is 0 Å². The van der Waals surface area contributed by atoms with E-state index in [9.17, 15) is 14.9 Å². The third-order valence-electron chi connectivity index (χ3n) is 3.54. The van der Waals surface area contributed by atoms with Crippen molar-refractivity contribution in [1.82, 2.24) is 5.32 Å². The van der Waals surface area contributed by atoms with Crippen LogP contribution in [0.25, 0.3) is 0 Å². The van der Waals surface area contributed by atoms with E-state index < -0.39 is 4.92 Å². The zero-order valence-corrected chi connectivity index (χ0v) is 11.9.